The van der Waals surface area contributed by atoms with E-state index < -0.39 is 11.8 Å². The fourth-order valence-corrected chi connectivity index (χ4v) is 5.64. The van der Waals surface area contributed by atoms with Gasteiger partial charge in [-0.1, -0.05) is 23.7 Å². The molecule has 3 aromatic heterocycles. The number of anilines is 1. The van der Waals surface area contributed by atoms with E-state index in [1.807, 2.05) is 55.2 Å². The lowest BCUT2D eigenvalue weighted by atomic mass is 9.97. The summed E-state index contributed by atoms with van der Waals surface area (Å²) >= 11 is 6.30. The molecule has 194 valence electrons. The lowest BCUT2D eigenvalue weighted by molar-refractivity contribution is -0.142. The van der Waals surface area contributed by atoms with Gasteiger partial charge in [0.05, 0.1) is 33.7 Å². The molecule has 1 aliphatic carbocycles. The number of pyridine rings is 1. The average molecular weight is 533 g/mol. The molecule has 0 spiro atoms. The summed E-state index contributed by atoms with van der Waals surface area (Å²) in [6.45, 7) is 3.23. The summed E-state index contributed by atoms with van der Waals surface area (Å²) in [5.41, 5.74) is 3.95. The third kappa shape index (κ3) is 4.16. The van der Waals surface area contributed by atoms with Crippen LogP contribution in [0.3, 0.4) is 0 Å². The summed E-state index contributed by atoms with van der Waals surface area (Å²) in [5, 5.41) is 21.3. The van der Waals surface area contributed by atoms with Gasteiger partial charge in [0.25, 0.3) is 0 Å². The third-order valence-electron chi connectivity index (χ3n) is 7.34. The molecule has 0 atom stereocenters. The Hall–Kier alpha value is -3.98. The highest BCUT2D eigenvalue weighted by Gasteiger charge is 2.25. The first-order valence-corrected chi connectivity index (χ1v) is 12.9. The Bertz CT molecular complexity index is 1730. The van der Waals surface area contributed by atoms with E-state index in [4.69, 9.17) is 16.7 Å². The first kappa shape index (κ1) is 24.4. The summed E-state index contributed by atoms with van der Waals surface area (Å²) in [6.07, 6.45) is 6.63. The molecule has 1 N–H and O–H groups in total. The van der Waals surface area contributed by atoms with Gasteiger partial charge in [0, 0.05) is 48.9 Å². The van der Waals surface area contributed by atoms with Gasteiger partial charge in [-0.2, -0.15) is 10.2 Å². The first-order chi connectivity index (χ1) is 18.3. The molecule has 10 heteroatoms. The molecule has 38 heavy (non-hydrogen) atoms. The Morgan fingerprint density at radius 2 is 1.95 bits per heavy atom. The van der Waals surface area contributed by atoms with Gasteiger partial charge >= 0.3 is 5.97 Å². The second-order valence-corrected chi connectivity index (χ2v) is 10.3. The van der Waals surface area contributed by atoms with Crippen molar-refractivity contribution in [2.75, 3.05) is 18.0 Å². The van der Waals surface area contributed by atoms with Crippen LogP contribution in [0.2, 0.25) is 0 Å². The molecule has 6 rings (SSSR count). The maximum atomic E-state index is 15.0. The number of carboxylic acid groups (broad SMARTS) is 1. The number of halogens is 2. The van der Waals surface area contributed by atoms with Crippen LogP contribution in [0.5, 0.6) is 0 Å². The number of hydrogen-bond acceptors (Lipinski definition) is 5. The zero-order chi connectivity index (χ0) is 26.6. The molecular formula is C28H26ClFN6O2. The molecule has 1 aromatic carbocycles. The Morgan fingerprint density at radius 1 is 1.16 bits per heavy atom. The van der Waals surface area contributed by atoms with Gasteiger partial charge in [0.15, 0.2) is 0 Å². The molecule has 0 unspecified atom stereocenters. The number of aromatic nitrogens is 5. The first-order valence-electron chi connectivity index (χ1n) is 12.5. The van der Waals surface area contributed by atoms with Crippen molar-refractivity contribution in [3.05, 3.63) is 64.2 Å². The van der Waals surface area contributed by atoms with Gasteiger partial charge < -0.3 is 10.0 Å². The number of piperidine rings is 1. The van der Waals surface area contributed by atoms with Crippen molar-refractivity contribution in [2.24, 2.45) is 13.0 Å². The molecule has 1 saturated heterocycles. The number of hydrogen-bond donors (Lipinski definition) is 1. The fraction of sp³-hybridized carbons (Fsp3) is 0.286. The summed E-state index contributed by atoms with van der Waals surface area (Å²) < 4.78 is 18.6. The van der Waals surface area contributed by atoms with E-state index in [9.17, 15) is 9.90 Å². The minimum atomic E-state index is -0.737. The standard InChI is InChI=1S/C28H26ClFN6O2/c1-16-12-22(29)23(30)13-20-26(19-4-3-5-24-21(19)15-34(2)32-24)33-36(27(16)20)18-6-7-25(31-14-18)35-10-8-17(9-11-35)28(37)38/h3-7,13-15,17H,8-12H2,1-2H3,(H,37,38). The molecule has 0 saturated carbocycles. The number of carbonyl (C=O) groups is 1. The SMILES string of the molecule is CC1=c2c(c(-c3cccc4nn(C)cc34)nn2-c2ccc(N3CCC(C(=O)O)CC3)nc2)=CC(F)=C(Cl)C1. The lowest BCUT2D eigenvalue weighted by Crippen LogP contribution is -2.36. The number of allylic oxidation sites excluding steroid dienone is 2. The maximum absolute atomic E-state index is 15.0. The van der Waals surface area contributed by atoms with Crippen LogP contribution in [0.1, 0.15) is 26.2 Å². The van der Waals surface area contributed by atoms with Gasteiger partial charge in [-0.15, -0.1) is 0 Å². The van der Waals surface area contributed by atoms with E-state index in [-0.39, 0.29) is 17.4 Å². The third-order valence-corrected chi connectivity index (χ3v) is 7.66. The van der Waals surface area contributed by atoms with Crippen LogP contribution < -0.4 is 15.5 Å². The predicted octanol–water partition coefficient (Wildman–Crippen LogP) is 3.90. The van der Waals surface area contributed by atoms with E-state index >= 15 is 4.39 Å². The predicted molar refractivity (Wildman–Crippen MR) is 145 cm³/mol. The van der Waals surface area contributed by atoms with E-state index in [2.05, 4.69) is 15.0 Å². The number of benzene rings is 1. The maximum Gasteiger partial charge on any atom is 0.306 e. The molecular weight excluding hydrogens is 507 g/mol. The lowest BCUT2D eigenvalue weighted by Gasteiger charge is -2.31. The minimum absolute atomic E-state index is 0.161. The summed E-state index contributed by atoms with van der Waals surface area (Å²) in [6, 6.07) is 9.70. The van der Waals surface area contributed by atoms with Crippen molar-refractivity contribution in [3.63, 3.8) is 0 Å². The van der Waals surface area contributed by atoms with Crippen LogP contribution in [0.15, 0.2) is 53.6 Å². The van der Waals surface area contributed by atoms with Crippen molar-refractivity contribution in [1.29, 1.82) is 0 Å². The van der Waals surface area contributed by atoms with Crippen LogP contribution in [0.25, 0.3) is 39.5 Å². The molecule has 1 fully saturated rings. The Morgan fingerprint density at radius 3 is 2.66 bits per heavy atom. The summed E-state index contributed by atoms with van der Waals surface area (Å²) in [7, 11) is 1.87. The van der Waals surface area contributed by atoms with Crippen molar-refractivity contribution in [2.45, 2.75) is 26.2 Å². The number of aliphatic carboxylic acids is 1. The Kier molecular flexibility index (Phi) is 6.03. The van der Waals surface area contributed by atoms with Crippen LogP contribution in [-0.2, 0) is 11.8 Å². The number of fused-ring (bicyclic) bond motifs is 2. The summed E-state index contributed by atoms with van der Waals surface area (Å²) in [4.78, 5) is 18.1. The largest absolute Gasteiger partial charge is 0.481 e. The van der Waals surface area contributed by atoms with Gasteiger partial charge in [-0.25, -0.2) is 14.1 Å². The zero-order valence-corrected chi connectivity index (χ0v) is 21.8. The van der Waals surface area contributed by atoms with Crippen molar-refractivity contribution in [3.8, 4) is 16.9 Å². The molecule has 4 heterocycles. The van der Waals surface area contributed by atoms with Gasteiger partial charge in [0.2, 0.25) is 0 Å². The molecule has 4 aromatic rings. The van der Waals surface area contributed by atoms with E-state index in [0.717, 1.165) is 38.9 Å². The highest BCUT2D eigenvalue weighted by molar-refractivity contribution is 6.30. The van der Waals surface area contributed by atoms with Gasteiger partial charge in [-0.05, 0) is 49.6 Å². The topological polar surface area (TPSA) is 89.1 Å². The number of aryl methyl sites for hydroxylation is 1. The molecule has 2 aliphatic rings. The van der Waals surface area contributed by atoms with Gasteiger partial charge in [-0.3, -0.25) is 9.48 Å². The Labute approximate surface area is 223 Å². The van der Waals surface area contributed by atoms with Gasteiger partial charge in [0.1, 0.15) is 17.3 Å². The van der Waals surface area contributed by atoms with Crippen LogP contribution >= 0.6 is 11.6 Å². The quantitative estimate of drug-likeness (QED) is 0.429. The van der Waals surface area contributed by atoms with Crippen LogP contribution in [0.4, 0.5) is 10.2 Å². The molecule has 8 nitrogen and oxygen atoms in total. The van der Waals surface area contributed by atoms with E-state index in [1.165, 1.54) is 6.08 Å². The number of rotatable bonds is 4. The molecule has 1 aliphatic heterocycles. The monoisotopic (exact) mass is 532 g/mol. The second kappa shape index (κ2) is 9.40. The normalized spacial score (nSPS) is 16.5. The zero-order valence-electron chi connectivity index (χ0n) is 21.0. The number of nitrogens with zero attached hydrogens (tertiary/aromatic N) is 6. The number of carboxylic acids is 1. The van der Waals surface area contributed by atoms with Crippen LogP contribution in [0, 0.1) is 5.92 Å². The highest BCUT2D eigenvalue weighted by atomic mass is 35.5. The van der Waals surface area contributed by atoms with Crippen molar-refractivity contribution < 1.29 is 14.3 Å². The second-order valence-electron chi connectivity index (χ2n) is 9.89. The van der Waals surface area contributed by atoms with E-state index in [1.54, 1.807) is 10.9 Å². The van der Waals surface area contributed by atoms with E-state index in [0.29, 0.717) is 36.8 Å². The Balaban J connectivity index is 1.48. The average Bonchev–Trinajstić information content (AvgIpc) is 3.45. The smallest absolute Gasteiger partial charge is 0.306 e. The molecule has 0 radical (unpaired) electrons. The summed E-state index contributed by atoms with van der Waals surface area (Å²) in [5.74, 6) is -0.718. The van der Waals surface area contributed by atoms with Crippen molar-refractivity contribution in [1.82, 2.24) is 24.5 Å². The van der Waals surface area contributed by atoms with Crippen molar-refractivity contribution >= 4 is 45.9 Å². The molecule has 0 bridgehead atoms. The highest BCUT2D eigenvalue weighted by Crippen LogP contribution is 2.28. The fourth-order valence-electron chi connectivity index (χ4n) is 5.38. The molecule has 0 amide bonds. The van der Waals surface area contributed by atoms with Crippen LogP contribution in [-0.4, -0.2) is 48.7 Å². The minimum Gasteiger partial charge on any atom is -0.481 e.